The Morgan fingerprint density at radius 1 is 0.839 bits per heavy atom. The summed E-state index contributed by atoms with van der Waals surface area (Å²) < 4.78 is 5.86. The van der Waals surface area contributed by atoms with E-state index in [4.69, 9.17) is 44.5 Å². The van der Waals surface area contributed by atoms with Crippen LogP contribution in [0.2, 0.25) is 15.1 Å². The molecule has 0 spiro atoms. The van der Waals surface area contributed by atoms with Crippen LogP contribution in [0.15, 0.2) is 77.8 Å². The van der Waals surface area contributed by atoms with Crippen molar-refractivity contribution in [1.29, 1.82) is 0 Å². The molecular formula is C24H17Cl3N2OS. The Hall–Kier alpha value is -2.24. The molecule has 0 fully saturated rings. The van der Waals surface area contributed by atoms with Gasteiger partial charge in [0.2, 0.25) is 0 Å². The van der Waals surface area contributed by atoms with Gasteiger partial charge in [-0.3, -0.25) is 0 Å². The second-order valence-corrected chi connectivity index (χ2v) is 8.84. The van der Waals surface area contributed by atoms with E-state index in [1.165, 1.54) is 0 Å². The van der Waals surface area contributed by atoms with Crippen molar-refractivity contribution >= 4 is 46.6 Å². The summed E-state index contributed by atoms with van der Waals surface area (Å²) in [6, 6.07) is 21.2. The standard InChI is InChI=1S/C24H17Cl3N2OS/c1-31-19-10-11-20(22(27)12-19)23-21(16-4-8-18(26)9-5-16)13-28-24(29-23)30-14-15-2-6-17(25)7-3-15/h2-13H,14H2,1H3. The lowest BCUT2D eigenvalue weighted by atomic mass is 10.0. The van der Waals surface area contributed by atoms with Crippen LogP contribution in [0.25, 0.3) is 22.4 Å². The zero-order chi connectivity index (χ0) is 21.8. The van der Waals surface area contributed by atoms with Crippen LogP contribution in [0, 0.1) is 0 Å². The van der Waals surface area contributed by atoms with Crippen LogP contribution in [0.3, 0.4) is 0 Å². The van der Waals surface area contributed by atoms with Gasteiger partial charge in [0.05, 0.1) is 10.7 Å². The average molecular weight is 488 g/mol. The van der Waals surface area contributed by atoms with E-state index >= 15 is 0 Å². The maximum Gasteiger partial charge on any atom is 0.317 e. The molecule has 0 aliphatic carbocycles. The SMILES string of the molecule is CSc1ccc(-c2nc(OCc3ccc(Cl)cc3)ncc2-c2ccc(Cl)cc2)c(Cl)c1. The van der Waals surface area contributed by atoms with E-state index in [9.17, 15) is 0 Å². The van der Waals surface area contributed by atoms with Crippen molar-refractivity contribution in [2.45, 2.75) is 11.5 Å². The van der Waals surface area contributed by atoms with Crippen LogP contribution in [-0.4, -0.2) is 16.2 Å². The van der Waals surface area contributed by atoms with Gasteiger partial charge in [0.1, 0.15) is 6.61 Å². The van der Waals surface area contributed by atoms with Crippen molar-refractivity contribution in [3.05, 3.63) is 93.6 Å². The Morgan fingerprint density at radius 2 is 1.52 bits per heavy atom. The third-order valence-electron chi connectivity index (χ3n) is 4.63. The smallest absolute Gasteiger partial charge is 0.317 e. The molecular weight excluding hydrogens is 471 g/mol. The van der Waals surface area contributed by atoms with Gasteiger partial charge < -0.3 is 4.74 Å². The van der Waals surface area contributed by atoms with Gasteiger partial charge in [-0.2, -0.15) is 4.98 Å². The summed E-state index contributed by atoms with van der Waals surface area (Å²) in [6.07, 6.45) is 3.76. The van der Waals surface area contributed by atoms with Crippen molar-refractivity contribution in [2.24, 2.45) is 0 Å². The fourth-order valence-electron chi connectivity index (χ4n) is 3.02. The summed E-state index contributed by atoms with van der Waals surface area (Å²) in [5.74, 6) is 0. The summed E-state index contributed by atoms with van der Waals surface area (Å²) in [6.45, 7) is 0.329. The predicted octanol–water partition coefficient (Wildman–Crippen LogP) is 8.07. The fourth-order valence-corrected chi connectivity index (χ4v) is 4.05. The minimum atomic E-state index is 0.271. The highest BCUT2D eigenvalue weighted by Crippen LogP contribution is 2.37. The molecule has 0 amide bonds. The van der Waals surface area contributed by atoms with E-state index in [0.717, 1.165) is 27.1 Å². The van der Waals surface area contributed by atoms with Crippen LogP contribution in [0.1, 0.15) is 5.56 Å². The molecule has 31 heavy (non-hydrogen) atoms. The van der Waals surface area contributed by atoms with Crippen LogP contribution in [0.4, 0.5) is 0 Å². The molecule has 0 aliphatic rings. The number of ether oxygens (including phenoxy) is 1. The first-order chi connectivity index (χ1) is 15.0. The second kappa shape index (κ2) is 9.92. The van der Waals surface area contributed by atoms with Gasteiger partial charge in [-0.15, -0.1) is 11.8 Å². The number of benzene rings is 3. The molecule has 156 valence electrons. The number of nitrogens with zero attached hydrogens (tertiary/aromatic N) is 2. The highest BCUT2D eigenvalue weighted by molar-refractivity contribution is 7.98. The molecule has 0 atom stereocenters. The van der Waals surface area contributed by atoms with Crippen LogP contribution >= 0.6 is 46.6 Å². The topological polar surface area (TPSA) is 35.0 Å². The van der Waals surface area contributed by atoms with Gasteiger partial charge >= 0.3 is 6.01 Å². The molecule has 0 N–H and O–H groups in total. The Labute approximate surface area is 200 Å². The van der Waals surface area contributed by atoms with E-state index in [0.29, 0.717) is 27.4 Å². The van der Waals surface area contributed by atoms with E-state index in [1.54, 1.807) is 18.0 Å². The molecule has 1 aromatic heterocycles. The number of rotatable bonds is 6. The quantitative estimate of drug-likeness (QED) is 0.258. The fraction of sp³-hybridized carbons (Fsp3) is 0.0833. The second-order valence-electron chi connectivity index (χ2n) is 6.68. The summed E-state index contributed by atoms with van der Waals surface area (Å²) in [7, 11) is 0. The number of aromatic nitrogens is 2. The Balaban J connectivity index is 1.73. The van der Waals surface area contributed by atoms with Gasteiger partial charge in [-0.05, 0) is 53.8 Å². The van der Waals surface area contributed by atoms with Gasteiger partial charge in [-0.1, -0.05) is 65.1 Å². The first-order valence-electron chi connectivity index (χ1n) is 9.37. The molecule has 3 nitrogen and oxygen atoms in total. The van der Waals surface area contributed by atoms with Crippen molar-refractivity contribution < 1.29 is 4.74 Å². The summed E-state index contributed by atoms with van der Waals surface area (Å²) in [5.41, 5.74) is 4.26. The molecule has 4 aromatic rings. The molecule has 7 heteroatoms. The van der Waals surface area contributed by atoms with E-state index in [1.807, 2.05) is 73.0 Å². The minimum absolute atomic E-state index is 0.271. The Morgan fingerprint density at radius 3 is 2.16 bits per heavy atom. The van der Waals surface area contributed by atoms with Crippen LogP contribution in [-0.2, 0) is 6.61 Å². The molecule has 0 unspecified atom stereocenters. The minimum Gasteiger partial charge on any atom is -0.459 e. The number of hydrogen-bond acceptors (Lipinski definition) is 4. The van der Waals surface area contributed by atoms with E-state index < -0.39 is 0 Å². The normalized spacial score (nSPS) is 10.8. The summed E-state index contributed by atoms with van der Waals surface area (Å²) >= 11 is 20.3. The summed E-state index contributed by atoms with van der Waals surface area (Å²) in [5, 5.41) is 1.96. The lowest BCUT2D eigenvalue weighted by Crippen LogP contribution is -2.02. The molecule has 3 aromatic carbocycles. The predicted molar refractivity (Wildman–Crippen MR) is 130 cm³/mol. The first kappa shape index (κ1) is 22.0. The van der Waals surface area contributed by atoms with Crippen molar-refractivity contribution in [2.75, 3.05) is 6.26 Å². The average Bonchev–Trinajstić information content (AvgIpc) is 2.79. The molecule has 4 rings (SSSR count). The van der Waals surface area contributed by atoms with Crippen molar-refractivity contribution in [3.8, 4) is 28.4 Å². The van der Waals surface area contributed by atoms with E-state index in [-0.39, 0.29) is 6.01 Å². The molecule has 0 saturated heterocycles. The lowest BCUT2D eigenvalue weighted by molar-refractivity contribution is 0.281. The zero-order valence-electron chi connectivity index (χ0n) is 16.5. The van der Waals surface area contributed by atoms with E-state index in [2.05, 4.69) is 4.98 Å². The highest BCUT2D eigenvalue weighted by atomic mass is 35.5. The number of thioether (sulfide) groups is 1. The maximum atomic E-state index is 6.62. The molecule has 0 bridgehead atoms. The zero-order valence-corrected chi connectivity index (χ0v) is 19.6. The van der Waals surface area contributed by atoms with Crippen LogP contribution < -0.4 is 4.74 Å². The van der Waals surface area contributed by atoms with Gasteiger partial charge in [0.15, 0.2) is 0 Å². The Kier molecular flexibility index (Phi) is 7.03. The first-order valence-corrected chi connectivity index (χ1v) is 11.7. The van der Waals surface area contributed by atoms with Gasteiger partial charge in [-0.25, -0.2) is 4.98 Å². The molecule has 0 aliphatic heterocycles. The highest BCUT2D eigenvalue weighted by Gasteiger charge is 2.16. The molecule has 0 saturated carbocycles. The maximum absolute atomic E-state index is 6.62. The van der Waals surface area contributed by atoms with Crippen LogP contribution in [0.5, 0.6) is 6.01 Å². The van der Waals surface area contributed by atoms with Gasteiger partial charge in [0, 0.05) is 32.3 Å². The Bertz CT molecular complexity index is 1200. The van der Waals surface area contributed by atoms with Crippen molar-refractivity contribution in [1.82, 2.24) is 9.97 Å². The monoisotopic (exact) mass is 486 g/mol. The van der Waals surface area contributed by atoms with Crippen molar-refractivity contribution in [3.63, 3.8) is 0 Å². The lowest BCUT2D eigenvalue weighted by Gasteiger charge is -2.13. The molecule has 1 heterocycles. The number of halogens is 3. The molecule has 0 radical (unpaired) electrons. The third-order valence-corrected chi connectivity index (χ3v) is 6.18. The van der Waals surface area contributed by atoms with Gasteiger partial charge in [0.25, 0.3) is 0 Å². The largest absolute Gasteiger partial charge is 0.459 e. The number of hydrogen-bond donors (Lipinski definition) is 0. The third kappa shape index (κ3) is 5.34. The summed E-state index contributed by atoms with van der Waals surface area (Å²) in [4.78, 5) is 10.2.